The fraction of sp³-hybridized carbons (Fsp3) is 0.300. The zero-order valence-electron chi connectivity index (χ0n) is 14.0. The largest absolute Gasteiger partial charge is 0.390 e. The lowest BCUT2D eigenvalue weighted by molar-refractivity contribution is -0.138. The van der Waals surface area contributed by atoms with E-state index in [9.17, 15) is 14.7 Å². The van der Waals surface area contributed by atoms with Crippen molar-refractivity contribution in [2.45, 2.75) is 31.9 Å². The lowest BCUT2D eigenvalue weighted by atomic mass is 10.1. The second-order valence-corrected chi connectivity index (χ2v) is 6.70. The van der Waals surface area contributed by atoms with E-state index in [1.807, 2.05) is 49.4 Å². The number of rotatable bonds is 1. The molecule has 1 aliphatic heterocycles. The van der Waals surface area contributed by atoms with Crippen LogP contribution in [0.2, 0.25) is 0 Å². The fourth-order valence-electron chi connectivity index (χ4n) is 3.89. The minimum absolute atomic E-state index is 0.487. The van der Waals surface area contributed by atoms with E-state index in [4.69, 9.17) is 0 Å². The van der Waals surface area contributed by atoms with Crippen LogP contribution in [0.5, 0.6) is 0 Å². The number of nitrogens with zero attached hydrogens (tertiary/aromatic N) is 1. The summed E-state index contributed by atoms with van der Waals surface area (Å²) in [5, 5.41) is 13.0. The molecule has 0 saturated heterocycles. The normalized spacial score (nSPS) is 21.0. The highest BCUT2D eigenvalue weighted by Gasteiger charge is 2.36. The Morgan fingerprint density at radius 1 is 1.16 bits per heavy atom. The maximum atomic E-state index is 12.7. The molecule has 25 heavy (non-hydrogen) atoms. The quantitative estimate of drug-likeness (QED) is 0.778. The number of hydrogen-bond donors (Lipinski definition) is 2. The van der Waals surface area contributed by atoms with E-state index in [1.165, 1.54) is 4.90 Å². The van der Waals surface area contributed by atoms with Crippen LogP contribution in [0.1, 0.15) is 28.3 Å². The molecule has 2 unspecified atom stereocenters. The molecule has 4 rings (SSSR count). The third kappa shape index (κ3) is 2.61. The molecule has 2 atom stereocenters. The van der Waals surface area contributed by atoms with Crippen LogP contribution in [0.25, 0.3) is 0 Å². The number of fused-ring (bicyclic) bond motifs is 2. The molecule has 0 bridgehead atoms. The third-order valence-corrected chi connectivity index (χ3v) is 5.19. The number of nitrogens with one attached hydrogen (secondary N) is 1. The van der Waals surface area contributed by atoms with Crippen LogP contribution >= 0.6 is 0 Å². The summed E-state index contributed by atoms with van der Waals surface area (Å²) in [4.78, 5) is 26.7. The summed E-state index contributed by atoms with van der Waals surface area (Å²) in [6.07, 6.45) is 0.541. The lowest BCUT2D eigenvalue weighted by Crippen LogP contribution is -2.45. The van der Waals surface area contributed by atoms with Crippen LogP contribution < -0.4 is 10.2 Å². The van der Waals surface area contributed by atoms with E-state index in [-0.39, 0.29) is 0 Å². The van der Waals surface area contributed by atoms with Crippen LogP contribution in [0.15, 0.2) is 42.5 Å². The average molecular weight is 336 g/mol. The number of carbonyl (C=O) groups is 2. The van der Waals surface area contributed by atoms with E-state index < -0.39 is 24.0 Å². The first-order chi connectivity index (χ1) is 12.1. The molecule has 5 heteroatoms. The molecule has 2 amide bonds. The Kier molecular flexibility index (Phi) is 3.81. The summed E-state index contributed by atoms with van der Waals surface area (Å²) in [5.74, 6) is -1.24. The van der Waals surface area contributed by atoms with Crippen LogP contribution in [0.4, 0.5) is 5.69 Å². The number of benzene rings is 2. The van der Waals surface area contributed by atoms with Crippen molar-refractivity contribution in [2.24, 2.45) is 0 Å². The molecule has 1 heterocycles. The van der Waals surface area contributed by atoms with Gasteiger partial charge in [0.25, 0.3) is 0 Å². The second kappa shape index (κ2) is 6.01. The number of amides is 2. The molecule has 0 radical (unpaired) electrons. The Labute approximate surface area is 146 Å². The zero-order valence-corrected chi connectivity index (χ0v) is 14.0. The van der Waals surface area contributed by atoms with E-state index in [2.05, 4.69) is 5.32 Å². The van der Waals surface area contributed by atoms with Crippen molar-refractivity contribution in [1.82, 2.24) is 5.32 Å². The van der Waals surface area contributed by atoms with Crippen LogP contribution in [0.3, 0.4) is 0 Å². The van der Waals surface area contributed by atoms with Crippen molar-refractivity contribution >= 4 is 17.5 Å². The molecule has 128 valence electrons. The van der Waals surface area contributed by atoms with Gasteiger partial charge in [0.15, 0.2) is 0 Å². The summed E-state index contributed by atoms with van der Waals surface area (Å²) in [5.41, 5.74) is 4.96. The van der Waals surface area contributed by atoms with Gasteiger partial charge < -0.3 is 15.3 Å². The van der Waals surface area contributed by atoms with Gasteiger partial charge in [0.2, 0.25) is 0 Å². The predicted molar refractivity (Wildman–Crippen MR) is 94.3 cm³/mol. The average Bonchev–Trinajstić information content (AvgIpc) is 3.17. The SMILES string of the molecule is Cc1cccc2c1CCN2C(=O)C(=O)NC1c2ccccc2CC1O. The first kappa shape index (κ1) is 15.8. The summed E-state index contributed by atoms with van der Waals surface area (Å²) in [6, 6.07) is 12.9. The van der Waals surface area contributed by atoms with Gasteiger partial charge in [0.05, 0.1) is 12.1 Å². The van der Waals surface area contributed by atoms with Gasteiger partial charge in [0, 0.05) is 18.7 Å². The fourth-order valence-corrected chi connectivity index (χ4v) is 3.89. The standard InChI is InChI=1S/C20H20N2O3/c1-12-5-4-8-16-14(12)9-10-22(16)20(25)19(24)21-18-15-7-3-2-6-13(15)11-17(18)23/h2-8,17-18,23H,9-11H2,1H3,(H,21,24). The molecule has 5 nitrogen and oxygen atoms in total. The number of carbonyl (C=O) groups excluding carboxylic acids is 2. The Morgan fingerprint density at radius 2 is 1.96 bits per heavy atom. The van der Waals surface area contributed by atoms with Gasteiger partial charge in [-0.1, -0.05) is 36.4 Å². The molecule has 0 fully saturated rings. The van der Waals surface area contributed by atoms with E-state index >= 15 is 0 Å². The van der Waals surface area contributed by atoms with E-state index in [0.717, 1.165) is 34.4 Å². The molecule has 1 aliphatic carbocycles. The molecular weight excluding hydrogens is 316 g/mol. The summed E-state index contributed by atoms with van der Waals surface area (Å²) in [6.45, 7) is 2.52. The van der Waals surface area contributed by atoms with Gasteiger partial charge in [-0.15, -0.1) is 0 Å². The topological polar surface area (TPSA) is 69.6 Å². The molecule has 2 N–H and O–H groups in total. The highest BCUT2D eigenvalue weighted by Crippen LogP contribution is 2.32. The first-order valence-electron chi connectivity index (χ1n) is 8.53. The molecule has 2 aromatic carbocycles. The minimum Gasteiger partial charge on any atom is -0.390 e. The van der Waals surface area contributed by atoms with Crippen molar-refractivity contribution in [3.8, 4) is 0 Å². The van der Waals surface area contributed by atoms with Gasteiger partial charge >= 0.3 is 11.8 Å². The zero-order chi connectivity index (χ0) is 17.6. The maximum absolute atomic E-state index is 12.7. The van der Waals surface area contributed by atoms with Crippen molar-refractivity contribution in [3.63, 3.8) is 0 Å². The molecule has 0 aromatic heterocycles. The number of aryl methyl sites for hydroxylation is 1. The van der Waals surface area contributed by atoms with Crippen LogP contribution in [-0.2, 0) is 22.4 Å². The number of aliphatic hydroxyl groups is 1. The third-order valence-electron chi connectivity index (χ3n) is 5.19. The van der Waals surface area contributed by atoms with Crippen molar-refractivity contribution in [2.75, 3.05) is 11.4 Å². The molecule has 0 spiro atoms. The first-order valence-corrected chi connectivity index (χ1v) is 8.53. The van der Waals surface area contributed by atoms with E-state index in [1.54, 1.807) is 0 Å². The molecule has 2 aliphatic rings. The molecular formula is C20H20N2O3. The Morgan fingerprint density at radius 3 is 2.80 bits per heavy atom. The van der Waals surface area contributed by atoms with Crippen molar-refractivity contribution < 1.29 is 14.7 Å². The lowest BCUT2D eigenvalue weighted by Gasteiger charge is -2.21. The Balaban J connectivity index is 1.53. The van der Waals surface area contributed by atoms with Crippen LogP contribution in [0, 0.1) is 6.92 Å². The second-order valence-electron chi connectivity index (χ2n) is 6.70. The van der Waals surface area contributed by atoms with Crippen LogP contribution in [-0.4, -0.2) is 29.6 Å². The van der Waals surface area contributed by atoms with Gasteiger partial charge in [0.1, 0.15) is 0 Å². The van der Waals surface area contributed by atoms with Gasteiger partial charge in [-0.05, 0) is 41.7 Å². The number of aliphatic hydroxyl groups excluding tert-OH is 1. The Bertz CT molecular complexity index is 862. The number of anilines is 1. The van der Waals surface area contributed by atoms with Gasteiger partial charge in [-0.2, -0.15) is 0 Å². The summed E-state index contributed by atoms with van der Waals surface area (Å²) in [7, 11) is 0. The summed E-state index contributed by atoms with van der Waals surface area (Å²) >= 11 is 0. The highest BCUT2D eigenvalue weighted by atomic mass is 16.3. The minimum atomic E-state index is -0.706. The predicted octanol–water partition coefficient (Wildman–Crippen LogP) is 1.66. The molecule has 2 aromatic rings. The number of hydrogen-bond acceptors (Lipinski definition) is 3. The highest BCUT2D eigenvalue weighted by molar-refractivity contribution is 6.40. The smallest absolute Gasteiger partial charge is 0.316 e. The van der Waals surface area contributed by atoms with E-state index in [0.29, 0.717) is 13.0 Å². The summed E-state index contributed by atoms with van der Waals surface area (Å²) < 4.78 is 0. The van der Waals surface area contributed by atoms with Gasteiger partial charge in [-0.3, -0.25) is 9.59 Å². The Hall–Kier alpha value is -2.66. The van der Waals surface area contributed by atoms with Crippen molar-refractivity contribution in [3.05, 3.63) is 64.7 Å². The van der Waals surface area contributed by atoms with Crippen molar-refractivity contribution in [1.29, 1.82) is 0 Å². The van der Waals surface area contributed by atoms with Gasteiger partial charge in [-0.25, -0.2) is 0 Å². The molecule has 0 saturated carbocycles. The maximum Gasteiger partial charge on any atom is 0.316 e. The monoisotopic (exact) mass is 336 g/mol.